The minimum atomic E-state index is -0.567. The monoisotopic (exact) mass is 354 g/mol. The van der Waals surface area contributed by atoms with E-state index in [0.29, 0.717) is 6.54 Å². The van der Waals surface area contributed by atoms with Crippen LogP contribution in [0.1, 0.15) is 23.6 Å². The number of amides is 2. The SMILES string of the molecule is CNC(=O)[C@H](C)N(Cc1cccc(OC)c1)C(=O)Cc1ccccc1C. The topological polar surface area (TPSA) is 58.6 Å². The molecule has 0 unspecified atom stereocenters. The normalized spacial score (nSPS) is 11.5. The first-order valence-corrected chi connectivity index (χ1v) is 8.64. The molecular formula is C21H26N2O3. The van der Waals surface area contributed by atoms with Crippen molar-refractivity contribution in [1.82, 2.24) is 10.2 Å². The van der Waals surface area contributed by atoms with E-state index in [-0.39, 0.29) is 18.2 Å². The lowest BCUT2D eigenvalue weighted by atomic mass is 10.0. The molecule has 2 aromatic carbocycles. The van der Waals surface area contributed by atoms with Crippen LogP contribution in [0.15, 0.2) is 48.5 Å². The number of carbonyl (C=O) groups excluding carboxylic acids is 2. The van der Waals surface area contributed by atoms with Crippen LogP contribution in [0.2, 0.25) is 0 Å². The average Bonchev–Trinajstić information content (AvgIpc) is 2.66. The lowest BCUT2D eigenvalue weighted by Crippen LogP contribution is -2.47. The Morgan fingerprint density at radius 3 is 2.54 bits per heavy atom. The van der Waals surface area contributed by atoms with Gasteiger partial charge in [-0.2, -0.15) is 0 Å². The number of hydrogen-bond acceptors (Lipinski definition) is 3. The van der Waals surface area contributed by atoms with Crippen molar-refractivity contribution in [3.8, 4) is 5.75 Å². The first-order valence-electron chi connectivity index (χ1n) is 8.64. The van der Waals surface area contributed by atoms with Gasteiger partial charge in [-0.3, -0.25) is 9.59 Å². The minimum absolute atomic E-state index is 0.0850. The van der Waals surface area contributed by atoms with Crippen molar-refractivity contribution in [3.05, 3.63) is 65.2 Å². The Morgan fingerprint density at radius 1 is 1.15 bits per heavy atom. The van der Waals surface area contributed by atoms with Gasteiger partial charge in [-0.15, -0.1) is 0 Å². The summed E-state index contributed by atoms with van der Waals surface area (Å²) < 4.78 is 5.25. The van der Waals surface area contributed by atoms with Gasteiger partial charge < -0.3 is 15.0 Å². The molecule has 2 rings (SSSR count). The van der Waals surface area contributed by atoms with Crippen LogP contribution in [0, 0.1) is 6.92 Å². The summed E-state index contributed by atoms with van der Waals surface area (Å²) in [6, 6.07) is 14.8. The first kappa shape index (κ1) is 19.5. The summed E-state index contributed by atoms with van der Waals surface area (Å²) in [5.41, 5.74) is 2.95. The molecule has 0 aromatic heterocycles. The third-order valence-electron chi connectivity index (χ3n) is 4.50. The van der Waals surface area contributed by atoms with Gasteiger partial charge in [0.15, 0.2) is 0 Å². The van der Waals surface area contributed by atoms with Gasteiger partial charge in [0, 0.05) is 13.6 Å². The molecule has 0 saturated heterocycles. The van der Waals surface area contributed by atoms with Gasteiger partial charge in [0.25, 0.3) is 0 Å². The van der Waals surface area contributed by atoms with Crippen molar-refractivity contribution < 1.29 is 14.3 Å². The average molecular weight is 354 g/mol. The summed E-state index contributed by atoms with van der Waals surface area (Å²) in [6.07, 6.45) is 0.262. The number of likely N-dealkylation sites (N-methyl/N-ethyl adjacent to an activating group) is 1. The highest BCUT2D eigenvalue weighted by Gasteiger charge is 2.25. The summed E-state index contributed by atoms with van der Waals surface area (Å²) in [6.45, 7) is 4.07. The maximum absolute atomic E-state index is 13.0. The van der Waals surface area contributed by atoms with Crippen LogP contribution >= 0.6 is 0 Å². The standard InChI is InChI=1S/C21H26N2O3/c1-15-8-5-6-10-18(15)13-20(24)23(16(2)21(25)22-3)14-17-9-7-11-19(12-17)26-4/h5-12,16H,13-14H2,1-4H3,(H,22,25)/t16-/m0/s1. The molecule has 5 nitrogen and oxygen atoms in total. The fraction of sp³-hybridized carbons (Fsp3) is 0.333. The number of nitrogens with one attached hydrogen (secondary N) is 1. The number of nitrogens with zero attached hydrogens (tertiary/aromatic N) is 1. The zero-order valence-corrected chi connectivity index (χ0v) is 15.8. The predicted octanol–water partition coefficient (Wildman–Crippen LogP) is 2.71. The summed E-state index contributed by atoms with van der Waals surface area (Å²) >= 11 is 0. The van der Waals surface area contributed by atoms with Crippen LogP contribution in [0.5, 0.6) is 5.75 Å². The molecule has 2 aromatic rings. The van der Waals surface area contributed by atoms with Crippen molar-refractivity contribution in [2.75, 3.05) is 14.2 Å². The Hall–Kier alpha value is -2.82. The van der Waals surface area contributed by atoms with E-state index in [1.54, 1.807) is 26.0 Å². The molecule has 0 spiro atoms. The molecule has 0 bridgehead atoms. The van der Waals surface area contributed by atoms with Crippen molar-refractivity contribution in [2.24, 2.45) is 0 Å². The predicted molar refractivity (Wildman–Crippen MR) is 102 cm³/mol. The van der Waals surface area contributed by atoms with Crippen LogP contribution < -0.4 is 10.1 Å². The second-order valence-electron chi connectivity index (χ2n) is 6.27. The van der Waals surface area contributed by atoms with Gasteiger partial charge in [0.05, 0.1) is 13.5 Å². The maximum atomic E-state index is 13.0. The van der Waals surface area contributed by atoms with Gasteiger partial charge in [0.2, 0.25) is 11.8 Å². The lowest BCUT2D eigenvalue weighted by Gasteiger charge is -2.28. The van der Waals surface area contributed by atoms with Gasteiger partial charge in [0.1, 0.15) is 11.8 Å². The number of hydrogen-bond donors (Lipinski definition) is 1. The van der Waals surface area contributed by atoms with E-state index in [2.05, 4.69) is 5.32 Å². The van der Waals surface area contributed by atoms with Crippen molar-refractivity contribution in [2.45, 2.75) is 32.9 Å². The highest BCUT2D eigenvalue weighted by molar-refractivity contribution is 5.88. The van der Waals surface area contributed by atoms with Crippen molar-refractivity contribution >= 4 is 11.8 Å². The smallest absolute Gasteiger partial charge is 0.242 e. The molecular weight excluding hydrogens is 328 g/mol. The van der Waals surface area contributed by atoms with Gasteiger partial charge in [-0.1, -0.05) is 36.4 Å². The highest BCUT2D eigenvalue weighted by Crippen LogP contribution is 2.18. The van der Waals surface area contributed by atoms with Crippen LogP contribution in [-0.2, 0) is 22.6 Å². The van der Waals surface area contributed by atoms with Gasteiger partial charge >= 0.3 is 0 Å². The number of rotatable bonds is 7. The molecule has 0 radical (unpaired) electrons. The second kappa shape index (κ2) is 9.04. The van der Waals surface area contributed by atoms with E-state index in [1.807, 2.05) is 55.5 Å². The maximum Gasteiger partial charge on any atom is 0.242 e. The second-order valence-corrected chi connectivity index (χ2v) is 6.27. The molecule has 1 N–H and O–H groups in total. The lowest BCUT2D eigenvalue weighted by molar-refractivity contribution is -0.139. The van der Waals surface area contributed by atoms with E-state index in [1.165, 1.54) is 0 Å². The highest BCUT2D eigenvalue weighted by atomic mass is 16.5. The quantitative estimate of drug-likeness (QED) is 0.832. The number of carbonyl (C=O) groups is 2. The number of aryl methyl sites for hydroxylation is 1. The molecule has 0 heterocycles. The van der Waals surface area contributed by atoms with E-state index >= 15 is 0 Å². The first-order chi connectivity index (χ1) is 12.5. The van der Waals surface area contributed by atoms with Gasteiger partial charge in [-0.05, 0) is 42.7 Å². The van der Waals surface area contributed by atoms with Crippen LogP contribution in [0.4, 0.5) is 0 Å². The molecule has 0 aliphatic heterocycles. The number of ether oxygens (including phenoxy) is 1. The largest absolute Gasteiger partial charge is 0.497 e. The summed E-state index contributed by atoms with van der Waals surface area (Å²) in [5.74, 6) is 0.450. The summed E-state index contributed by atoms with van der Waals surface area (Å²) in [4.78, 5) is 26.8. The van der Waals surface area contributed by atoms with Crippen LogP contribution in [0.3, 0.4) is 0 Å². The minimum Gasteiger partial charge on any atom is -0.497 e. The van der Waals surface area contributed by atoms with E-state index < -0.39 is 6.04 Å². The molecule has 1 atom stereocenters. The molecule has 2 amide bonds. The third kappa shape index (κ3) is 4.85. The van der Waals surface area contributed by atoms with Crippen LogP contribution in [-0.4, -0.2) is 36.9 Å². The zero-order valence-electron chi connectivity index (χ0n) is 15.8. The van der Waals surface area contributed by atoms with Crippen molar-refractivity contribution in [3.63, 3.8) is 0 Å². The molecule has 0 aliphatic rings. The number of methoxy groups -OCH3 is 1. The Morgan fingerprint density at radius 2 is 1.88 bits per heavy atom. The third-order valence-corrected chi connectivity index (χ3v) is 4.50. The van der Waals surface area contributed by atoms with Crippen LogP contribution in [0.25, 0.3) is 0 Å². The Labute approximate surface area is 155 Å². The molecule has 0 aliphatic carbocycles. The Kier molecular flexibility index (Phi) is 6.78. The summed E-state index contributed by atoms with van der Waals surface area (Å²) in [7, 11) is 3.18. The fourth-order valence-electron chi connectivity index (χ4n) is 2.83. The molecule has 0 saturated carbocycles. The van der Waals surface area contributed by atoms with E-state index in [9.17, 15) is 9.59 Å². The van der Waals surface area contributed by atoms with E-state index in [4.69, 9.17) is 4.74 Å². The summed E-state index contributed by atoms with van der Waals surface area (Å²) in [5, 5.41) is 2.63. The molecule has 138 valence electrons. The number of benzene rings is 2. The van der Waals surface area contributed by atoms with Crippen molar-refractivity contribution in [1.29, 1.82) is 0 Å². The molecule has 5 heteroatoms. The Bertz CT molecular complexity index is 773. The fourth-order valence-corrected chi connectivity index (χ4v) is 2.83. The van der Waals surface area contributed by atoms with E-state index in [0.717, 1.165) is 22.4 Å². The van der Waals surface area contributed by atoms with Gasteiger partial charge in [-0.25, -0.2) is 0 Å². The molecule has 26 heavy (non-hydrogen) atoms. The Balaban J connectivity index is 2.26. The zero-order chi connectivity index (χ0) is 19.1. The molecule has 0 fully saturated rings.